The van der Waals surface area contributed by atoms with Crippen LogP contribution in [0.2, 0.25) is 0 Å². The van der Waals surface area contributed by atoms with Gasteiger partial charge in [-0.25, -0.2) is 4.79 Å². The normalized spacial score (nSPS) is 18.4. The number of carbonyl (C=O) groups is 2. The van der Waals surface area contributed by atoms with Crippen LogP contribution in [0, 0.1) is 0 Å². The number of hydrogen-bond donors (Lipinski definition) is 2. The van der Waals surface area contributed by atoms with Gasteiger partial charge in [-0.2, -0.15) is 0 Å². The third kappa shape index (κ3) is 3.50. The molecule has 1 heterocycles. The van der Waals surface area contributed by atoms with Crippen molar-refractivity contribution in [2.45, 2.75) is 6.10 Å². The second-order valence-electron chi connectivity index (χ2n) is 4.74. The van der Waals surface area contributed by atoms with Crippen LogP contribution in [0.5, 0.6) is 5.75 Å². The average molecular weight is 294 g/mol. The largest absolute Gasteiger partial charge is 0.508 e. The van der Waals surface area contributed by atoms with Gasteiger partial charge in [-0.15, -0.1) is 0 Å². The van der Waals surface area contributed by atoms with Gasteiger partial charge in [-0.05, 0) is 18.2 Å². The van der Waals surface area contributed by atoms with Crippen molar-refractivity contribution in [3.05, 3.63) is 29.3 Å². The van der Waals surface area contributed by atoms with Crippen molar-refractivity contribution in [1.29, 1.82) is 0 Å². The van der Waals surface area contributed by atoms with E-state index < -0.39 is 5.97 Å². The molecule has 114 valence electrons. The lowest BCUT2D eigenvalue weighted by Crippen LogP contribution is -2.48. The Balaban J connectivity index is 2.22. The summed E-state index contributed by atoms with van der Waals surface area (Å²) in [6.45, 7) is 1.57. The van der Waals surface area contributed by atoms with Gasteiger partial charge in [0.15, 0.2) is 0 Å². The zero-order valence-electron chi connectivity index (χ0n) is 11.7. The molecule has 1 fully saturated rings. The lowest BCUT2D eigenvalue weighted by Gasteiger charge is -2.32. The van der Waals surface area contributed by atoms with Gasteiger partial charge in [0.2, 0.25) is 0 Å². The number of phenolic OH excluding ortho intramolecular Hbond substituents is 1. The Hall–Kier alpha value is -2.12. The van der Waals surface area contributed by atoms with Crippen molar-refractivity contribution in [1.82, 2.24) is 4.90 Å². The lowest BCUT2D eigenvalue weighted by molar-refractivity contribution is -0.0167. The first-order valence-corrected chi connectivity index (χ1v) is 6.58. The Morgan fingerprint density at radius 3 is 2.81 bits per heavy atom. The van der Waals surface area contributed by atoms with Gasteiger partial charge in [0, 0.05) is 25.2 Å². The summed E-state index contributed by atoms with van der Waals surface area (Å²) >= 11 is 0. The van der Waals surface area contributed by atoms with Crippen LogP contribution < -0.4 is 5.73 Å². The molecule has 1 atom stereocenters. The maximum atomic E-state index is 12.4. The van der Waals surface area contributed by atoms with Crippen LogP contribution >= 0.6 is 0 Å². The fourth-order valence-electron chi connectivity index (χ4n) is 2.20. The number of methoxy groups -OCH3 is 1. The Morgan fingerprint density at radius 1 is 1.43 bits per heavy atom. The Kier molecular flexibility index (Phi) is 4.77. The van der Waals surface area contributed by atoms with E-state index in [1.54, 1.807) is 4.90 Å². The average Bonchev–Trinajstić information content (AvgIpc) is 2.52. The monoisotopic (exact) mass is 294 g/mol. The van der Waals surface area contributed by atoms with Crippen molar-refractivity contribution >= 4 is 11.9 Å². The van der Waals surface area contributed by atoms with Crippen molar-refractivity contribution in [2.24, 2.45) is 5.73 Å². The molecule has 0 bridgehead atoms. The van der Waals surface area contributed by atoms with Gasteiger partial charge >= 0.3 is 5.97 Å². The molecule has 1 amide bonds. The number of nitrogens with two attached hydrogens (primary N) is 1. The zero-order chi connectivity index (χ0) is 15.4. The first kappa shape index (κ1) is 15.3. The van der Waals surface area contributed by atoms with Gasteiger partial charge in [-0.3, -0.25) is 4.79 Å². The molecule has 1 aromatic rings. The van der Waals surface area contributed by atoms with Crippen molar-refractivity contribution < 1.29 is 24.2 Å². The number of nitrogens with zero attached hydrogens (tertiary/aromatic N) is 1. The fraction of sp³-hybridized carbons (Fsp3) is 0.429. The standard InChI is InChI=1S/C14H18N2O5/c1-20-14(19)10-4-9(5-11(17)6-10)13(18)16-2-3-21-12(7-15)8-16/h4-6,12,17H,2-3,7-8,15H2,1H3/t12-/m1/s1. The number of aromatic hydroxyl groups is 1. The first-order valence-electron chi connectivity index (χ1n) is 6.58. The molecule has 7 heteroatoms. The highest BCUT2D eigenvalue weighted by molar-refractivity contribution is 5.98. The van der Waals surface area contributed by atoms with Crippen molar-refractivity contribution in [2.75, 3.05) is 33.4 Å². The summed E-state index contributed by atoms with van der Waals surface area (Å²) in [7, 11) is 1.24. The number of ether oxygens (including phenoxy) is 2. The third-order valence-electron chi connectivity index (χ3n) is 3.27. The number of esters is 1. The minimum Gasteiger partial charge on any atom is -0.508 e. The minimum absolute atomic E-state index is 0.129. The summed E-state index contributed by atoms with van der Waals surface area (Å²) in [6.07, 6.45) is -0.194. The van der Waals surface area contributed by atoms with E-state index in [1.165, 1.54) is 25.3 Å². The topological polar surface area (TPSA) is 102 Å². The SMILES string of the molecule is COC(=O)c1cc(O)cc(C(=O)N2CCO[C@H](CN)C2)c1. The number of benzene rings is 1. The second-order valence-corrected chi connectivity index (χ2v) is 4.74. The van der Waals surface area contributed by atoms with Crippen LogP contribution in [-0.4, -0.2) is 61.3 Å². The molecule has 0 aliphatic carbocycles. The molecule has 1 aromatic carbocycles. The van der Waals surface area contributed by atoms with Gasteiger partial charge in [0.05, 0.1) is 25.4 Å². The number of amides is 1. The van der Waals surface area contributed by atoms with E-state index in [0.29, 0.717) is 26.2 Å². The maximum absolute atomic E-state index is 12.4. The quantitative estimate of drug-likeness (QED) is 0.760. The molecular weight excluding hydrogens is 276 g/mol. The summed E-state index contributed by atoms with van der Waals surface area (Å²) in [6, 6.07) is 3.98. The van der Waals surface area contributed by atoms with Gasteiger partial charge < -0.3 is 25.2 Å². The lowest BCUT2D eigenvalue weighted by atomic mass is 10.1. The molecule has 0 saturated carbocycles. The maximum Gasteiger partial charge on any atom is 0.338 e. The third-order valence-corrected chi connectivity index (χ3v) is 3.27. The Bertz CT molecular complexity index is 546. The number of rotatable bonds is 3. The molecule has 0 spiro atoms. The number of phenols is 1. The molecule has 3 N–H and O–H groups in total. The molecule has 0 unspecified atom stereocenters. The molecule has 7 nitrogen and oxygen atoms in total. The van der Waals surface area contributed by atoms with E-state index in [4.69, 9.17) is 10.5 Å². The molecule has 21 heavy (non-hydrogen) atoms. The Labute approximate surface area is 122 Å². The van der Waals surface area contributed by atoms with Crippen LogP contribution in [0.15, 0.2) is 18.2 Å². The Morgan fingerprint density at radius 2 is 2.14 bits per heavy atom. The summed E-state index contributed by atoms with van der Waals surface area (Å²) in [5.41, 5.74) is 5.90. The summed E-state index contributed by atoms with van der Waals surface area (Å²) in [4.78, 5) is 25.6. The number of carbonyl (C=O) groups excluding carboxylic acids is 2. The van der Waals surface area contributed by atoms with Crippen LogP contribution in [0.1, 0.15) is 20.7 Å². The summed E-state index contributed by atoms with van der Waals surface area (Å²) in [5.74, 6) is -1.05. The van der Waals surface area contributed by atoms with Gasteiger partial charge in [-0.1, -0.05) is 0 Å². The van der Waals surface area contributed by atoms with E-state index >= 15 is 0 Å². The van der Waals surface area contributed by atoms with E-state index in [0.717, 1.165) is 0 Å². The van der Waals surface area contributed by atoms with Gasteiger partial charge in [0.1, 0.15) is 5.75 Å². The summed E-state index contributed by atoms with van der Waals surface area (Å²) < 4.78 is 10.00. The smallest absolute Gasteiger partial charge is 0.338 e. The fourth-order valence-corrected chi connectivity index (χ4v) is 2.20. The molecule has 1 aliphatic rings. The molecule has 0 radical (unpaired) electrons. The highest BCUT2D eigenvalue weighted by Crippen LogP contribution is 2.19. The van der Waals surface area contributed by atoms with E-state index in [2.05, 4.69) is 4.74 Å². The number of morpholine rings is 1. The molecular formula is C14H18N2O5. The first-order chi connectivity index (χ1) is 10.0. The van der Waals surface area contributed by atoms with Crippen LogP contribution in [0.4, 0.5) is 0 Å². The van der Waals surface area contributed by atoms with Crippen LogP contribution in [-0.2, 0) is 9.47 Å². The van der Waals surface area contributed by atoms with Crippen molar-refractivity contribution in [3.63, 3.8) is 0 Å². The predicted molar refractivity (Wildman–Crippen MR) is 74.1 cm³/mol. The van der Waals surface area contributed by atoms with Gasteiger partial charge in [0.25, 0.3) is 5.91 Å². The summed E-state index contributed by atoms with van der Waals surface area (Å²) in [5, 5.41) is 9.66. The zero-order valence-corrected chi connectivity index (χ0v) is 11.7. The predicted octanol–water partition coefficient (Wildman–Crippen LogP) is -0.0215. The molecule has 1 aliphatic heterocycles. The molecule has 2 rings (SSSR count). The minimum atomic E-state index is -0.609. The number of hydrogen-bond acceptors (Lipinski definition) is 6. The van der Waals surface area contributed by atoms with Crippen molar-refractivity contribution in [3.8, 4) is 5.75 Å². The van der Waals surface area contributed by atoms with Crippen LogP contribution in [0.3, 0.4) is 0 Å². The van der Waals surface area contributed by atoms with E-state index in [1.807, 2.05) is 0 Å². The van der Waals surface area contributed by atoms with E-state index in [-0.39, 0.29) is 28.9 Å². The second kappa shape index (κ2) is 6.55. The molecule has 0 aromatic heterocycles. The van der Waals surface area contributed by atoms with E-state index in [9.17, 15) is 14.7 Å². The molecule has 1 saturated heterocycles. The highest BCUT2D eigenvalue weighted by atomic mass is 16.5. The van der Waals surface area contributed by atoms with Crippen LogP contribution in [0.25, 0.3) is 0 Å². The highest BCUT2D eigenvalue weighted by Gasteiger charge is 2.25.